The van der Waals surface area contributed by atoms with Crippen LogP contribution in [0.25, 0.3) is 18.2 Å². The van der Waals surface area contributed by atoms with Crippen molar-refractivity contribution < 1.29 is 0 Å². The molecule has 108 valence electrons. The van der Waals surface area contributed by atoms with Gasteiger partial charge in [0, 0.05) is 17.0 Å². The first kappa shape index (κ1) is 19.8. The van der Waals surface area contributed by atoms with Gasteiger partial charge in [0.1, 0.15) is 0 Å². The summed E-state index contributed by atoms with van der Waals surface area (Å²) in [6.07, 6.45) is 10.1. The average Bonchev–Trinajstić information content (AvgIpc) is 2.85. The Kier molecular flexibility index (Phi) is 13.5. The van der Waals surface area contributed by atoms with Crippen LogP contribution in [-0.2, 0) is 6.42 Å². The Morgan fingerprint density at radius 3 is 1.89 bits per heavy atom. The Morgan fingerprint density at radius 1 is 0.947 bits per heavy atom. The maximum absolute atomic E-state index is 3.85. The molecule has 0 amide bonds. The van der Waals surface area contributed by atoms with Gasteiger partial charge in [-0.1, -0.05) is 66.9 Å². The summed E-state index contributed by atoms with van der Waals surface area (Å²) in [5.41, 5.74) is 4.76. The Morgan fingerprint density at radius 2 is 1.53 bits per heavy atom. The third-order valence-electron chi connectivity index (χ3n) is 2.49. The standard InChI is InChI=1S/C14H19N.2C2H6/c1-5-9-10-14-12(7-3)11(6-2)13(8-4)15-14;2*1-2/h6,8-10,15H,2,4-5,7H2,1,3H3;2*1-2H3/b10-9-;;. The molecule has 0 atom stereocenters. The molecule has 1 heterocycles. The first-order valence-electron chi connectivity index (χ1n) is 7.44. The fraction of sp³-hybridized carbons (Fsp3) is 0.444. The van der Waals surface area contributed by atoms with Crippen molar-refractivity contribution in [2.45, 2.75) is 54.4 Å². The van der Waals surface area contributed by atoms with Crippen molar-refractivity contribution in [3.63, 3.8) is 0 Å². The van der Waals surface area contributed by atoms with Gasteiger partial charge < -0.3 is 4.98 Å². The highest BCUT2D eigenvalue weighted by Gasteiger charge is 2.09. The summed E-state index contributed by atoms with van der Waals surface area (Å²) in [5.74, 6) is 0. The van der Waals surface area contributed by atoms with Gasteiger partial charge in [0.2, 0.25) is 0 Å². The number of H-pyrrole nitrogens is 1. The van der Waals surface area contributed by atoms with Gasteiger partial charge in [0.15, 0.2) is 0 Å². The molecule has 0 saturated carbocycles. The molecule has 0 radical (unpaired) electrons. The molecule has 0 bridgehead atoms. The van der Waals surface area contributed by atoms with E-state index in [0.717, 1.165) is 18.5 Å². The predicted molar refractivity (Wildman–Crippen MR) is 92.4 cm³/mol. The van der Waals surface area contributed by atoms with Crippen molar-refractivity contribution in [2.75, 3.05) is 0 Å². The van der Waals surface area contributed by atoms with Crippen molar-refractivity contribution in [3.8, 4) is 0 Å². The van der Waals surface area contributed by atoms with E-state index >= 15 is 0 Å². The molecule has 0 aliphatic rings. The van der Waals surface area contributed by atoms with Gasteiger partial charge in [0.25, 0.3) is 0 Å². The third-order valence-corrected chi connectivity index (χ3v) is 2.49. The van der Waals surface area contributed by atoms with E-state index < -0.39 is 0 Å². The van der Waals surface area contributed by atoms with E-state index in [4.69, 9.17) is 0 Å². The Bertz CT molecular complexity index is 381. The summed E-state index contributed by atoms with van der Waals surface area (Å²) in [7, 11) is 0. The predicted octanol–water partition coefficient (Wildman–Crippen LogP) is 6.34. The van der Waals surface area contributed by atoms with E-state index in [1.165, 1.54) is 16.8 Å². The highest BCUT2D eigenvalue weighted by atomic mass is 14.7. The number of allylic oxidation sites excluding steroid dienone is 1. The van der Waals surface area contributed by atoms with Crippen molar-refractivity contribution in [1.29, 1.82) is 0 Å². The van der Waals surface area contributed by atoms with Crippen LogP contribution >= 0.6 is 0 Å². The number of rotatable bonds is 5. The second-order valence-corrected chi connectivity index (χ2v) is 3.42. The van der Waals surface area contributed by atoms with E-state index in [2.05, 4.69) is 44.1 Å². The molecule has 1 aromatic heterocycles. The molecule has 1 aromatic rings. The topological polar surface area (TPSA) is 15.8 Å². The van der Waals surface area contributed by atoms with Gasteiger partial charge in [-0.2, -0.15) is 0 Å². The lowest BCUT2D eigenvalue weighted by molar-refractivity contribution is 1.13. The van der Waals surface area contributed by atoms with Crippen LogP contribution in [0.4, 0.5) is 0 Å². The number of nitrogens with one attached hydrogen (secondary N) is 1. The monoisotopic (exact) mass is 261 g/mol. The molecular weight excluding hydrogens is 230 g/mol. The smallest absolute Gasteiger partial charge is 0.0455 e. The minimum atomic E-state index is 1.01. The first-order chi connectivity index (χ1) is 9.28. The first-order valence-corrected chi connectivity index (χ1v) is 7.44. The van der Waals surface area contributed by atoms with Crippen LogP contribution in [0.5, 0.6) is 0 Å². The molecule has 1 nitrogen and oxygen atoms in total. The van der Waals surface area contributed by atoms with Crippen LogP contribution in [-0.4, -0.2) is 4.98 Å². The fourth-order valence-electron chi connectivity index (χ4n) is 1.75. The van der Waals surface area contributed by atoms with Gasteiger partial charge >= 0.3 is 0 Å². The second-order valence-electron chi connectivity index (χ2n) is 3.42. The molecule has 0 saturated heterocycles. The molecule has 0 fully saturated rings. The van der Waals surface area contributed by atoms with Crippen molar-refractivity contribution >= 4 is 18.2 Å². The molecule has 0 unspecified atom stereocenters. The molecule has 1 rings (SSSR count). The van der Waals surface area contributed by atoms with Crippen LogP contribution in [0.3, 0.4) is 0 Å². The Hall–Kier alpha value is -1.50. The summed E-state index contributed by atoms with van der Waals surface area (Å²) in [6.45, 7) is 19.9. The largest absolute Gasteiger partial charge is 0.355 e. The molecule has 1 heteroatoms. The minimum Gasteiger partial charge on any atom is -0.355 e. The van der Waals surface area contributed by atoms with Crippen LogP contribution in [0.2, 0.25) is 0 Å². The summed E-state index contributed by atoms with van der Waals surface area (Å²) in [4.78, 5) is 3.36. The molecule has 0 aliphatic heterocycles. The third kappa shape index (κ3) is 5.78. The van der Waals surface area contributed by atoms with Crippen LogP contribution in [0.1, 0.15) is 70.5 Å². The molecule has 19 heavy (non-hydrogen) atoms. The normalized spacial score (nSPS) is 9.16. The van der Waals surface area contributed by atoms with E-state index in [0.29, 0.717) is 0 Å². The lowest BCUT2D eigenvalue weighted by atomic mass is 10.1. The summed E-state index contributed by atoms with van der Waals surface area (Å²) in [6, 6.07) is 0. The highest BCUT2D eigenvalue weighted by Crippen LogP contribution is 2.23. The quantitative estimate of drug-likeness (QED) is 0.636. The Labute approximate surface area is 120 Å². The summed E-state index contributed by atoms with van der Waals surface area (Å²) >= 11 is 0. The van der Waals surface area contributed by atoms with Crippen LogP contribution < -0.4 is 0 Å². The zero-order chi connectivity index (χ0) is 15.3. The van der Waals surface area contributed by atoms with Gasteiger partial charge in [-0.3, -0.25) is 0 Å². The summed E-state index contributed by atoms with van der Waals surface area (Å²) < 4.78 is 0. The molecular formula is C18H31N. The number of aromatic amines is 1. The zero-order valence-electron chi connectivity index (χ0n) is 13.6. The highest BCUT2D eigenvalue weighted by molar-refractivity contribution is 5.70. The molecule has 1 N–H and O–H groups in total. The summed E-state index contributed by atoms with van der Waals surface area (Å²) in [5, 5.41) is 0. The maximum atomic E-state index is 3.85. The van der Waals surface area contributed by atoms with Crippen molar-refractivity contribution in [3.05, 3.63) is 41.7 Å². The second kappa shape index (κ2) is 12.9. The van der Waals surface area contributed by atoms with Crippen LogP contribution in [0, 0.1) is 0 Å². The number of aromatic nitrogens is 1. The van der Waals surface area contributed by atoms with Gasteiger partial charge in [-0.05, 0) is 30.6 Å². The number of hydrogen-bond donors (Lipinski definition) is 1. The fourth-order valence-corrected chi connectivity index (χ4v) is 1.75. The van der Waals surface area contributed by atoms with E-state index in [1.54, 1.807) is 0 Å². The lowest BCUT2D eigenvalue weighted by Gasteiger charge is -1.97. The van der Waals surface area contributed by atoms with E-state index in [9.17, 15) is 0 Å². The van der Waals surface area contributed by atoms with Gasteiger partial charge in [0.05, 0.1) is 0 Å². The molecule has 0 aromatic carbocycles. The average molecular weight is 261 g/mol. The lowest BCUT2D eigenvalue weighted by Crippen LogP contribution is -1.84. The van der Waals surface area contributed by atoms with Crippen molar-refractivity contribution in [2.24, 2.45) is 0 Å². The Balaban J connectivity index is 0. The SMILES string of the molecule is C=Cc1[nH]c(/C=C\CC)c(CC)c1C=C.CC.CC. The van der Waals surface area contributed by atoms with Crippen molar-refractivity contribution in [1.82, 2.24) is 4.98 Å². The van der Waals surface area contributed by atoms with Crippen LogP contribution in [0.15, 0.2) is 19.2 Å². The molecule has 0 aliphatic carbocycles. The zero-order valence-corrected chi connectivity index (χ0v) is 13.6. The number of hydrogen-bond acceptors (Lipinski definition) is 0. The van der Waals surface area contributed by atoms with E-state index in [-0.39, 0.29) is 0 Å². The minimum absolute atomic E-state index is 1.01. The molecule has 0 spiro atoms. The van der Waals surface area contributed by atoms with Gasteiger partial charge in [-0.25, -0.2) is 0 Å². The van der Waals surface area contributed by atoms with E-state index in [1.807, 2.05) is 39.8 Å². The van der Waals surface area contributed by atoms with Gasteiger partial charge in [-0.15, -0.1) is 0 Å². The maximum Gasteiger partial charge on any atom is 0.0455 e.